The lowest BCUT2D eigenvalue weighted by Gasteiger charge is -2.15. The molecule has 21 heavy (non-hydrogen) atoms. The third-order valence-electron chi connectivity index (χ3n) is 5.21. The van der Waals surface area contributed by atoms with Crippen LogP contribution in [-0.4, -0.2) is 0 Å². The Morgan fingerprint density at radius 1 is 0.619 bits per heavy atom. The number of rotatable bonds is 11. The summed E-state index contributed by atoms with van der Waals surface area (Å²) >= 11 is 0. The minimum atomic E-state index is 0.956. The molecule has 0 unspecified atom stereocenters. The van der Waals surface area contributed by atoms with E-state index >= 15 is 0 Å². The zero-order valence-corrected chi connectivity index (χ0v) is 14.9. The summed E-state index contributed by atoms with van der Waals surface area (Å²) in [5.41, 5.74) is 0. The van der Waals surface area contributed by atoms with Crippen LogP contribution in [-0.2, 0) is 0 Å². The van der Waals surface area contributed by atoms with Crippen molar-refractivity contribution >= 4 is 0 Å². The first kappa shape index (κ1) is 19.0. The van der Waals surface area contributed by atoms with Crippen LogP contribution in [0.4, 0.5) is 0 Å². The van der Waals surface area contributed by atoms with Crippen molar-refractivity contribution in [1.29, 1.82) is 0 Å². The second-order valence-corrected chi connectivity index (χ2v) is 7.31. The van der Waals surface area contributed by atoms with Gasteiger partial charge in [0, 0.05) is 0 Å². The monoisotopic (exact) mass is 293 g/mol. The summed E-state index contributed by atoms with van der Waals surface area (Å²) in [6, 6.07) is 0. The molecule has 0 nitrogen and oxygen atoms in total. The number of hydrogen-bond donors (Lipinski definition) is 0. The first-order valence-electron chi connectivity index (χ1n) is 10.3. The van der Waals surface area contributed by atoms with Crippen molar-refractivity contribution in [3.05, 3.63) is 6.42 Å². The fraction of sp³-hybridized carbons (Fsp3) is 0.952. The van der Waals surface area contributed by atoms with E-state index in [1.165, 1.54) is 116 Å². The second-order valence-electron chi connectivity index (χ2n) is 7.31. The molecule has 0 saturated heterocycles. The standard InChI is InChI=1S/C21H41/c1-2-3-4-5-6-7-8-9-12-15-18-21-19-16-13-10-11-14-17-20-21/h18,21H,2-17,19-20H2,1H3. The van der Waals surface area contributed by atoms with Crippen molar-refractivity contribution < 1.29 is 0 Å². The van der Waals surface area contributed by atoms with Crippen LogP contribution in [0.2, 0.25) is 0 Å². The first-order valence-corrected chi connectivity index (χ1v) is 10.3. The van der Waals surface area contributed by atoms with Crippen LogP contribution in [0.1, 0.15) is 122 Å². The maximum atomic E-state index is 2.69. The van der Waals surface area contributed by atoms with Gasteiger partial charge >= 0.3 is 0 Å². The van der Waals surface area contributed by atoms with E-state index in [1.54, 1.807) is 0 Å². The maximum absolute atomic E-state index is 2.69. The molecule has 0 bridgehead atoms. The highest BCUT2D eigenvalue weighted by Gasteiger charge is 2.10. The Morgan fingerprint density at radius 2 is 1.10 bits per heavy atom. The van der Waals surface area contributed by atoms with Gasteiger partial charge in [-0.25, -0.2) is 0 Å². The van der Waals surface area contributed by atoms with Crippen LogP contribution in [0.3, 0.4) is 0 Å². The van der Waals surface area contributed by atoms with Gasteiger partial charge in [-0.1, -0.05) is 116 Å². The summed E-state index contributed by atoms with van der Waals surface area (Å²) in [5.74, 6) is 0.956. The van der Waals surface area contributed by atoms with Crippen molar-refractivity contribution in [3.63, 3.8) is 0 Å². The van der Waals surface area contributed by atoms with Gasteiger partial charge < -0.3 is 0 Å². The van der Waals surface area contributed by atoms with Crippen molar-refractivity contribution in [2.75, 3.05) is 0 Å². The highest BCUT2D eigenvalue weighted by atomic mass is 14.2. The molecule has 0 atom stereocenters. The summed E-state index contributed by atoms with van der Waals surface area (Å²) in [6.45, 7) is 2.30. The molecule has 0 aromatic rings. The predicted molar refractivity (Wildman–Crippen MR) is 96.6 cm³/mol. The van der Waals surface area contributed by atoms with Crippen LogP contribution in [0.15, 0.2) is 0 Å². The number of unbranched alkanes of at least 4 members (excludes halogenated alkanes) is 9. The third-order valence-corrected chi connectivity index (χ3v) is 5.21. The molecule has 1 rings (SSSR count). The van der Waals surface area contributed by atoms with Gasteiger partial charge in [-0.2, -0.15) is 0 Å². The maximum Gasteiger partial charge on any atom is -0.0355 e. The van der Waals surface area contributed by atoms with Gasteiger partial charge in [0.2, 0.25) is 0 Å². The molecular weight excluding hydrogens is 252 g/mol. The smallest absolute Gasteiger partial charge is 0.0355 e. The Labute approximate surface area is 135 Å². The largest absolute Gasteiger partial charge is 0.0654 e. The Hall–Kier alpha value is 0. The van der Waals surface area contributed by atoms with E-state index in [1.807, 2.05) is 0 Å². The molecule has 1 aliphatic rings. The molecule has 0 N–H and O–H groups in total. The molecule has 0 heteroatoms. The fourth-order valence-electron chi connectivity index (χ4n) is 3.71. The average Bonchev–Trinajstić information content (AvgIpc) is 2.63. The molecule has 1 aliphatic carbocycles. The van der Waals surface area contributed by atoms with Crippen LogP contribution in [0.5, 0.6) is 0 Å². The van der Waals surface area contributed by atoms with E-state index in [0.29, 0.717) is 0 Å². The summed E-state index contributed by atoms with van der Waals surface area (Å²) in [4.78, 5) is 0. The van der Waals surface area contributed by atoms with Crippen molar-refractivity contribution in [1.82, 2.24) is 0 Å². The van der Waals surface area contributed by atoms with Gasteiger partial charge in [-0.3, -0.25) is 0 Å². The lowest BCUT2D eigenvalue weighted by molar-refractivity contribution is 0.459. The van der Waals surface area contributed by atoms with Gasteiger partial charge in [0.05, 0.1) is 0 Å². The molecule has 1 saturated carbocycles. The van der Waals surface area contributed by atoms with E-state index in [2.05, 4.69) is 13.3 Å². The van der Waals surface area contributed by atoms with Crippen LogP contribution < -0.4 is 0 Å². The lowest BCUT2D eigenvalue weighted by Crippen LogP contribution is -2.01. The molecule has 0 aromatic heterocycles. The normalized spacial score (nSPS) is 18.1. The minimum Gasteiger partial charge on any atom is -0.0654 e. The van der Waals surface area contributed by atoms with E-state index < -0.39 is 0 Å². The Kier molecular flexibility index (Phi) is 13.5. The molecule has 1 radical (unpaired) electrons. The van der Waals surface area contributed by atoms with Crippen molar-refractivity contribution in [2.45, 2.75) is 122 Å². The molecule has 0 heterocycles. The second kappa shape index (κ2) is 14.9. The molecule has 0 amide bonds. The summed E-state index contributed by atoms with van der Waals surface area (Å²) < 4.78 is 0. The molecule has 125 valence electrons. The van der Waals surface area contributed by atoms with Gasteiger partial charge in [-0.05, 0) is 18.8 Å². The minimum absolute atomic E-state index is 0.956. The summed E-state index contributed by atoms with van der Waals surface area (Å²) in [5, 5.41) is 0. The third kappa shape index (κ3) is 12.2. The Balaban J connectivity index is 1.86. The Bertz CT molecular complexity index is 186. The molecular formula is C21H41. The zero-order valence-electron chi connectivity index (χ0n) is 14.9. The number of hydrogen-bond acceptors (Lipinski definition) is 0. The van der Waals surface area contributed by atoms with E-state index in [4.69, 9.17) is 0 Å². The molecule has 0 aliphatic heterocycles. The molecule has 0 spiro atoms. The van der Waals surface area contributed by atoms with Gasteiger partial charge in [0.1, 0.15) is 0 Å². The quantitative estimate of drug-likeness (QED) is 0.340. The van der Waals surface area contributed by atoms with Gasteiger partial charge in [0.15, 0.2) is 0 Å². The molecule has 0 aromatic carbocycles. The van der Waals surface area contributed by atoms with E-state index in [9.17, 15) is 0 Å². The predicted octanol–water partition coefficient (Wildman–Crippen LogP) is 7.86. The molecule has 1 fully saturated rings. The lowest BCUT2D eigenvalue weighted by atomic mass is 9.91. The topological polar surface area (TPSA) is 0 Å². The van der Waals surface area contributed by atoms with Crippen LogP contribution in [0.25, 0.3) is 0 Å². The van der Waals surface area contributed by atoms with Crippen molar-refractivity contribution in [3.8, 4) is 0 Å². The van der Waals surface area contributed by atoms with E-state index in [0.717, 1.165) is 5.92 Å². The Morgan fingerprint density at radius 3 is 1.67 bits per heavy atom. The summed E-state index contributed by atoms with van der Waals surface area (Å²) in [6.07, 6.45) is 29.1. The average molecular weight is 294 g/mol. The van der Waals surface area contributed by atoms with Crippen LogP contribution in [0, 0.1) is 12.3 Å². The summed E-state index contributed by atoms with van der Waals surface area (Å²) in [7, 11) is 0. The van der Waals surface area contributed by atoms with Crippen molar-refractivity contribution in [2.24, 2.45) is 5.92 Å². The van der Waals surface area contributed by atoms with Gasteiger partial charge in [-0.15, -0.1) is 0 Å². The fourth-order valence-corrected chi connectivity index (χ4v) is 3.71. The van der Waals surface area contributed by atoms with Crippen LogP contribution >= 0.6 is 0 Å². The highest BCUT2D eigenvalue weighted by molar-refractivity contribution is 4.77. The first-order chi connectivity index (χ1) is 10.4. The van der Waals surface area contributed by atoms with Gasteiger partial charge in [0.25, 0.3) is 0 Å². The SMILES string of the molecule is CCCCCCCCCCC[CH]C1CCCCCCCC1. The van der Waals surface area contributed by atoms with E-state index in [-0.39, 0.29) is 0 Å². The zero-order chi connectivity index (χ0) is 15.0. The highest BCUT2D eigenvalue weighted by Crippen LogP contribution is 2.25.